The van der Waals surface area contributed by atoms with Crippen molar-refractivity contribution < 1.29 is 9.13 Å². The van der Waals surface area contributed by atoms with Gasteiger partial charge in [-0.25, -0.2) is 4.39 Å². The molecule has 0 aliphatic heterocycles. The van der Waals surface area contributed by atoms with Gasteiger partial charge in [-0.15, -0.1) is 0 Å². The zero-order chi connectivity index (χ0) is 16.9. The molecule has 0 heterocycles. The van der Waals surface area contributed by atoms with Crippen LogP contribution in [0.15, 0.2) is 29.3 Å². The van der Waals surface area contributed by atoms with E-state index in [1.807, 2.05) is 26.1 Å². The number of halogens is 1. The molecule has 0 spiro atoms. The summed E-state index contributed by atoms with van der Waals surface area (Å²) >= 11 is 0. The molecule has 0 bridgehead atoms. The first-order chi connectivity index (χ1) is 11.2. The third-order valence-electron chi connectivity index (χ3n) is 3.34. The second-order valence-electron chi connectivity index (χ2n) is 5.34. The molecule has 23 heavy (non-hydrogen) atoms. The second kappa shape index (κ2) is 11.8. The highest BCUT2D eigenvalue weighted by Gasteiger charge is 2.02. The summed E-state index contributed by atoms with van der Waals surface area (Å²) in [5.41, 5.74) is 1.10. The molecule has 6 heteroatoms. The Labute approximate surface area is 138 Å². The second-order valence-corrected chi connectivity index (χ2v) is 5.34. The van der Waals surface area contributed by atoms with Crippen LogP contribution in [0.4, 0.5) is 4.39 Å². The van der Waals surface area contributed by atoms with E-state index >= 15 is 0 Å². The number of aliphatic imine (C=N–C) groups is 1. The molecule has 0 atom stereocenters. The van der Waals surface area contributed by atoms with Gasteiger partial charge in [0.25, 0.3) is 0 Å². The Bertz CT molecular complexity index is 450. The minimum Gasteiger partial charge on any atom is -0.382 e. The highest BCUT2D eigenvalue weighted by atomic mass is 19.1. The highest BCUT2D eigenvalue weighted by molar-refractivity contribution is 5.79. The number of hydrogen-bond acceptors (Lipinski definition) is 3. The Kier molecular flexibility index (Phi) is 9.99. The molecule has 0 aliphatic rings. The van der Waals surface area contributed by atoms with Crippen LogP contribution < -0.4 is 10.6 Å². The van der Waals surface area contributed by atoms with Gasteiger partial charge in [0.1, 0.15) is 5.82 Å². The van der Waals surface area contributed by atoms with E-state index in [0.29, 0.717) is 0 Å². The summed E-state index contributed by atoms with van der Waals surface area (Å²) in [6, 6.07) is 6.63. The maximum Gasteiger partial charge on any atom is 0.191 e. The minimum atomic E-state index is -0.197. The molecule has 0 radical (unpaired) electrons. The van der Waals surface area contributed by atoms with Crippen molar-refractivity contribution in [3.05, 3.63) is 35.6 Å². The van der Waals surface area contributed by atoms with Gasteiger partial charge < -0.3 is 20.3 Å². The van der Waals surface area contributed by atoms with Crippen LogP contribution in [0.25, 0.3) is 0 Å². The number of nitrogens with one attached hydrogen (secondary N) is 2. The summed E-state index contributed by atoms with van der Waals surface area (Å²) in [5.74, 6) is 0.606. The zero-order valence-electron chi connectivity index (χ0n) is 14.4. The summed E-state index contributed by atoms with van der Waals surface area (Å²) in [7, 11) is 3.81. The van der Waals surface area contributed by atoms with Gasteiger partial charge in [0, 0.05) is 46.4 Å². The third-order valence-corrected chi connectivity index (χ3v) is 3.34. The van der Waals surface area contributed by atoms with Crippen LogP contribution in [0.2, 0.25) is 0 Å². The molecule has 5 nitrogen and oxygen atoms in total. The van der Waals surface area contributed by atoms with Crippen LogP contribution in [0.1, 0.15) is 18.9 Å². The van der Waals surface area contributed by atoms with Crippen molar-refractivity contribution >= 4 is 5.96 Å². The van der Waals surface area contributed by atoms with Crippen molar-refractivity contribution in [3.8, 4) is 0 Å². The summed E-state index contributed by atoms with van der Waals surface area (Å²) in [6.07, 6.45) is 0.957. The number of rotatable bonds is 10. The van der Waals surface area contributed by atoms with E-state index < -0.39 is 0 Å². The van der Waals surface area contributed by atoms with Crippen LogP contribution in [0.5, 0.6) is 0 Å². The summed E-state index contributed by atoms with van der Waals surface area (Å²) in [6.45, 7) is 6.82. The largest absolute Gasteiger partial charge is 0.382 e. The lowest BCUT2D eigenvalue weighted by atomic mass is 10.2. The smallest absolute Gasteiger partial charge is 0.191 e. The average Bonchev–Trinajstić information content (AvgIpc) is 2.55. The lowest BCUT2D eigenvalue weighted by Crippen LogP contribution is -2.41. The fraction of sp³-hybridized carbons (Fsp3) is 0.588. The van der Waals surface area contributed by atoms with E-state index in [1.54, 1.807) is 7.05 Å². The number of likely N-dealkylation sites (N-methyl/N-ethyl adjacent to an activating group) is 1. The van der Waals surface area contributed by atoms with Crippen molar-refractivity contribution in [1.82, 2.24) is 15.5 Å². The Morgan fingerprint density at radius 1 is 1.22 bits per heavy atom. The quantitative estimate of drug-likeness (QED) is 0.392. The van der Waals surface area contributed by atoms with E-state index in [2.05, 4.69) is 20.5 Å². The van der Waals surface area contributed by atoms with Crippen LogP contribution in [0, 0.1) is 5.82 Å². The Morgan fingerprint density at radius 2 is 1.91 bits per heavy atom. The number of hydrogen-bond donors (Lipinski definition) is 2. The molecule has 0 amide bonds. The Hall–Kier alpha value is -1.66. The number of nitrogens with zero attached hydrogens (tertiary/aromatic N) is 2. The minimum absolute atomic E-state index is 0.197. The SMILES string of the molecule is CCOCCCNC(=NC)NCCN(C)Cc1ccc(F)cc1. The van der Waals surface area contributed by atoms with Crippen molar-refractivity contribution in [3.63, 3.8) is 0 Å². The molecule has 1 aromatic carbocycles. The van der Waals surface area contributed by atoms with Crippen LogP contribution in [0.3, 0.4) is 0 Å². The molecule has 130 valence electrons. The van der Waals surface area contributed by atoms with Gasteiger partial charge in [0.15, 0.2) is 5.96 Å². The fourth-order valence-corrected chi connectivity index (χ4v) is 2.09. The predicted octanol–water partition coefficient (Wildman–Crippen LogP) is 1.85. The van der Waals surface area contributed by atoms with Crippen molar-refractivity contribution in [1.29, 1.82) is 0 Å². The summed E-state index contributed by atoms with van der Waals surface area (Å²) in [4.78, 5) is 6.37. The molecule has 0 aliphatic carbocycles. The molecule has 0 unspecified atom stereocenters. The van der Waals surface area contributed by atoms with Gasteiger partial charge in [0.2, 0.25) is 0 Å². The van der Waals surface area contributed by atoms with Gasteiger partial charge in [-0.1, -0.05) is 12.1 Å². The van der Waals surface area contributed by atoms with Gasteiger partial charge in [-0.2, -0.15) is 0 Å². The molecular formula is C17H29FN4O. The first kappa shape index (κ1) is 19.4. The van der Waals surface area contributed by atoms with E-state index in [-0.39, 0.29) is 5.82 Å². The van der Waals surface area contributed by atoms with Gasteiger partial charge >= 0.3 is 0 Å². The third kappa shape index (κ3) is 9.15. The normalized spacial score (nSPS) is 11.8. The van der Waals surface area contributed by atoms with Gasteiger partial charge in [-0.3, -0.25) is 4.99 Å². The van der Waals surface area contributed by atoms with Crippen LogP contribution in [-0.4, -0.2) is 57.8 Å². The van der Waals surface area contributed by atoms with Crippen LogP contribution in [-0.2, 0) is 11.3 Å². The standard InChI is InChI=1S/C17H29FN4O/c1-4-23-13-5-10-20-17(19-2)21-11-12-22(3)14-15-6-8-16(18)9-7-15/h6-9H,4-5,10-14H2,1-3H3,(H2,19,20,21). The molecule has 0 aromatic heterocycles. The average molecular weight is 324 g/mol. The molecule has 0 fully saturated rings. The number of benzene rings is 1. The summed E-state index contributed by atoms with van der Waals surface area (Å²) in [5, 5.41) is 6.54. The fourth-order valence-electron chi connectivity index (χ4n) is 2.09. The predicted molar refractivity (Wildman–Crippen MR) is 93.2 cm³/mol. The van der Waals surface area contributed by atoms with E-state index in [0.717, 1.165) is 57.3 Å². The maximum atomic E-state index is 12.9. The van der Waals surface area contributed by atoms with Crippen molar-refractivity contribution in [2.45, 2.75) is 19.9 Å². The molecular weight excluding hydrogens is 295 g/mol. The van der Waals surface area contributed by atoms with Gasteiger partial charge in [-0.05, 0) is 38.1 Å². The molecule has 2 N–H and O–H groups in total. The molecule has 1 aromatic rings. The lowest BCUT2D eigenvalue weighted by molar-refractivity contribution is 0.145. The molecule has 1 rings (SSSR count). The van der Waals surface area contributed by atoms with Crippen molar-refractivity contribution in [2.75, 3.05) is 46.9 Å². The van der Waals surface area contributed by atoms with Crippen LogP contribution >= 0.6 is 0 Å². The molecule has 0 saturated heterocycles. The van der Waals surface area contributed by atoms with Crippen molar-refractivity contribution in [2.24, 2.45) is 4.99 Å². The first-order valence-electron chi connectivity index (χ1n) is 8.11. The van der Waals surface area contributed by atoms with E-state index in [9.17, 15) is 4.39 Å². The number of ether oxygens (including phenoxy) is 1. The van der Waals surface area contributed by atoms with Gasteiger partial charge in [0.05, 0.1) is 0 Å². The van der Waals surface area contributed by atoms with E-state index in [4.69, 9.17) is 4.74 Å². The zero-order valence-corrected chi connectivity index (χ0v) is 14.4. The first-order valence-corrected chi connectivity index (χ1v) is 8.11. The topological polar surface area (TPSA) is 48.9 Å². The Morgan fingerprint density at radius 3 is 2.57 bits per heavy atom. The molecule has 0 saturated carbocycles. The Balaban J connectivity index is 2.16. The lowest BCUT2D eigenvalue weighted by Gasteiger charge is -2.18. The summed E-state index contributed by atoms with van der Waals surface area (Å²) < 4.78 is 18.2. The highest BCUT2D eigenvalue weighted by Crippen LogP contribution is 2.04. The maximum absolute atomic E-state index is 12.9. The monoisotopic (exact) mass is 324 g/mol. The van der Waals surface area contributed by atoms with E-state index in [1.165, 1.54) is 12.1 Å². The number of guanidine groups is 1.